The van der Waals surface area contributed by atoms with Gasteiger partial charge in [-0.15, -0.1) is 0 Å². The number of nitrogen functional groups attached to an aromatic ring is 1. The lowest BCUT2D eigenvalue weighted by Crippen LogP contribution is -2.22. The van der Waals surface area contributed by atoms with Gasteiger partial charge in [-0.3, -0.25) is 4.79 Å². The zero-order valence-electron chi connectivity index (χ0n) is 10.8. The fourth-order valence-corrected chi connectivity index (χ4v) is 2.09. The van der Waals surface area contributed by atoms with E-state index in [9.17, 15) is 9.18 Å². The van der Waals surface area contributed by atoms with Gasteiger partial charge in [-0.05, 0) is 24.1 Å². The second kappa shape index (κ2) is 6.99. The molecular formula is C14H21FN2O. The van der Waals surface area contributed by atoms with Gasteiger partial charge in [0.15, 0.2) is 0 Å². The minimum Gasteiger partial charge on any atom is -0.398 e. The lowest BCUT2D eigenvalue weighted by Gasteiger charge is -2.15. The second-order valence-electron chi connectivity index (χ2n) is 4.58. The van der Waals surface area contributed by atoms with Gasteiger partial charge in [-0.2, -0.15) is 0 Å². The van der Waals surface area contributed by atoms with Gasteiger partial charge in [-0.1, -0.05) is 38.7 Å². The van der Waals surface area contributed by atoms with Crippen LogP contribution in [0.5, 0.6) is 0 Å². The van der Waals surface area contributed by atoms with Gasteiger partial charge < -0.3 is 11.5 Å². The van der Waals surface area contributed by atoms with E-state index in [1.165, 1.54) is 12.1 Å². The summed E-state index contributed by atoms with van der Waals surface area (Å²) in [4.78, 5) is 11.5. The first kappa shape index (κ1) is 14.5. The summed E-state index contributed by atoms with van der Waals surface area (Å²) in [5, 5.41) is 0. The molecule has 0 radical (unpaired) electrons. The molecule has 0 saturated heterocycles. The van der Waals surface area contributed by atoms with E-state index in [0.29, 0.717) is 17.7 Å². The first-order chi connectivity index (χ1) is 8.56. The van der Waals surface area contributed by atoms with Crippen LogP contribution < -0.4 is 11.5 Å². The Morgan fingerprint density at radius 1 is 1.33 bits per heavy atom. The Bertz CT molecular complexity index is 407. The van der Waals surface area contributed by atoms with Crippen LogP contribution in [0.2, 0.25) is 0 Å². The highest BCUT2D eigenvalue weighted by Crippen LogP contribution is 2.27. The molecule has 18 heavy (non-hydrogen) atoms. The van der Waals surface area contributed by atoms with Crippen LogP contribution in [0.25, 0.3) is 0 Å². The highest BCUT2D eigenvalue weighted by molar-refractivity contribution is 5.83. The number of halogens is 1. The number of nitrogens with two attached hydrogens (primary N) is 2. The van der Waals surface area contributed by atoms with E-state index in [2.05, 4.69) is 6.92 Å². The summed E-state index contributed by atoms with van der Waals surface area (Å²) < 4.78 is 13.0. The summed E-state index contributed by atoms with van der Waals surface area (Å²) >= 11 is 0. The van der Waals surface area contributed by atoms with Gasteiger partial charge in [-0.25, -0.2) is 4.39 Å². The molecule has 100 valence electrons. The Morgan fingerprint density at radius 2 is 2.06 bits per heavy atom. The van der Waals surface area contributed by atoms with Crippen molar-refractivity contribution in [3.8, 4) is 0 Å². The quantitative estimate of drug-likeness (QED) is 0.578. The average molecular weight is 252 g/mol. The predicted molar refractivity (Wildman–Crippen MR) is 71.5 cm³/mol. The van der Waals surface area contributed by atoms with Crippen LogP contribution in [0.15, 0.2) is 18.2 Å². The summed E-state index contributed by atoms with van der Waals surface area (Å²) in [5.74, 6) is -1.21. The van der Waals surface area contributed by atoms with Crippen LogP contribution in [0.1, 0.15) is 50.5 Å². The topological polar surface area (TPSA) is 69.1 Å². The fourth-order valence-electron chi connectivity index (χ4n) is 2.09. The highest BCUT2D eigenvalue weighted by Gasteiger charge is 2.19. The maximum Gasteiger partial charge on any atom is 0.225 e. The van der Waals surface area contributed by atoms with E-state index in [4.69, 9.17) is 11.5 Å². The molecular weight excluding hydrogens is 231 g/mol. The van der Waals surface area contributed by atoms with Crippen LogP contribution in [-0.4, -0.2) is 5.91 Å². The van der Waals surface area contributed by atoms with Crippen molar-refractivity contribution in [1.29, 1.82) is 0 Å². The van der Waals surface area contributed by atoms with Gasteiger partial charge in [0.2, 0.25) is 5.91 Å². The molecule has 0 spiro atoms. The zero-order valence-corrected chi connectivity index (χ0v) is 10.8. The summed E-state index contributed by atoms with van der Waals surface area (Å²) in [6, 6.07) is 4.10. The number of hydrogen-bond acceptors (Lipinski definition) is 2. The van der Waals surface area contributed by atoms with Crippen molar-refractivity contribution in [2.45, 2.75) is 44.9 Å². The molecule has 1 unspecified atom stereocenters. The molecule has 1 aromatic carbocycles. The molecule has 4 heteroatoms. The number of amides is 1. The van der Waals surface area contributed by atoms with Crippen LogP contribution in [-0.2, 0) is 4.79 Å². The van der Waals surface area contributed by atoms with Crippen molar-refractivity contribution in [2.24, 2.45) is 5.73 Å². The monoisotopic (exact) mass is 252 g/mol. The largest absolute Gasteiger partial charge is 0.398 e. The third-order valence-electron chi connectivity index (χ3n) is 3.11. The van der Waals surface area contributed by atoms with E-state index in [-0.39, 0.29) is 0 Å². The zero-order chi connectivity index (χ0) is 13.5. The molecule has 1 rings (SSSR count). The van der Waals surface area contributed by atoms with Crippen molar-refractivity contribution in [3.05, 3.63) is 29.6 Å². The van der Waals surface area contributed by atoms with Crippen molar-refractivity contribution in [3.63, 3.8) is 0 Å². The molecule has 0 aromatic heterocycles. The maximum atomic E-state index is 13.0. The molecule has 0 aliphatic rings. The SMILES string of the molecule is CCCCCCC(C(N)=O)c1ccc(F)cc1N. The number of unbranched alkanes of at least 4 members (excludes halogenated alkanes) is 3. The van der Waals surface area contributed by atoms with Crippen molar-refractivity contribution in [1.82, 2.24) is 0 Å². The third-order valence-corrected chi connectivity index (χ3v) is 3.11. The fraction of sp³-hybridized carbons (Fsp3) is 0.500. The molecule has 0 heterocycles. The number of primary amides is 1. The molecule has 0 saturated carbocycles. The van der Waals surface area contributed by atoms with Gasteiger partial charge in [0.25, 0.3) is 0 Å². The van der Waals surface area contributed by atoms with Crippen molar-refractivity contribution >= 4 is 11.6 Å². The lowest BCUT2D eigenvalue weighted by molar-refractivity contribution is -0.119. The van der Waals surface area contributed by atoms with Crippen molar-refractivity contribution < 1.29 is 9.18 Å². The Hall–Kier alpha value is -1.58. The Labute approximate surface area is 107 Å². The number of rotatable bonds is 7. The van der Waals surface area contributed by atoms with Gasteiger partial charge in [0.1, 0.15) is 5.82 Å². The first-order valence-corrected chi connectivity index (χ1v) is 6.40. The molecule has 0 bridgehead atoms. The molecule has 1 amide bonds. The first-order valence-electron chi connectivity index (χ1n) is 6.40. The minimum absolute atomic E-state index is 0.300. The number of benzene rings is 1. The number of hydrogen-bond donors (Lipinski definition) is 2. The van der Waals surface area contributed by atoms with Crippen LogP contribution >= 0.6 is 0 Å². The minimum atomic E-state index is -0.414. The maximum absolute atomic E-state index is 13.0. The van der Waals surface area contributed by atoms with E-state index in [0.717, 1.165) is 25.7 Å². The predicted octanol–water partition coefficient (Wildman–Crippen LogP) is 2.95. The van der Waals surface area contributed by atoms with E-state index in [1.807, 2.05) is 0 Å². The standard InChI is InChI=1S/C14H21FN2O/c1-2-3-4-5-6-12(14(17)18)11-8-7-10(15)9-13(11)16/h7-9,12H,2-6,16H2,1H3,(H2,17,18). The molecule has 0 aliphatic heterocycles. The molecule has 1 aromatic rings. The van der Waals surface area contributed by atoms with Crippen molar-refractivity contribution in [2.75, 3.05) is 5.73 Å². The van der Waals surface area contributed by atoms with E-state index < -0.39 is 17.6 Å². The Balaban J connectivity index is 2.75. The summed E-state index contributed by atoms with van der Waals surface area (Å²) in [7, 11) is 0. The van der Waals surface area contributed by atoms with Gasteiger partial charge >= 0.3 is 0 Å². The molecule has 0 aliphatic carbocycles. The summed E-state index contributed by atoms with van der Waals surface area (Å²) in [6.07, 6.45) is 4.95. The average Bonchev–Trinajstić information content (AvgIpc) is 2.30. The van der Waals surface area contributed by atoms with E-state index >= 15 is 0 Å². The molecule has 1 atom stereocenters. The van der Waals surface area contributed by atoms with Crippen LogP contribution in [0, 0.1) is 5.82 Å². The number of anilines is 1. The van der Waals surface area contributed by atoms with Crippen LogP contribution in [0.4, 0.5) is 10.1 Å². The molecule has 3 nitrogen and oxygen atoms in total. The smallest absolute Gasteiger partial charge is 0.225 e. The summed E-state index contributed by atoms with van der Waals surface area (Å²) in [6.45, 7) is 2.13. The Kier molecular flexibility index (Phi) is 5.62. The normalized spacial score (nSPS) is 12.3. The molecule has 4 N–H and O–H groups in total. The Morgan fingerprint density at radius 3 is 2.61 bits per heavy atom. The third kappa shape index (κ3) is 4.02. The highest BCUT2D eigenvalue weighted by atomic mass is 19.1. The van der Waals surface area contributed by atoms with Gasteiger partial charge in [0.05, 0.1) is 5.92 Å². The number of carbonyl (C=O) groups is 1. The molecule has 0 fully saturated rings. The van der Waals surface area contributed by atoms with Gasteiger partial charge in [0, 0.05) is 5.69 Å². The lowest BCUT2D eigenvalue weighted by atomic mass is 9.91. The second-order valence-corrected chi connectivity index (χ2v) is 4.58. The summed E-state index contributed by atoms with van der Waals surface area (Å²) in [5.41, 5.74) is 12.1. The van der Waals surface area contributed by atoms with E-state index in [1.54, 1.807) is 6.07 Å². The number of carbonyl (C=O) groups excluding carboxylic acids is 1. The van der Waals surface area contributed by atoms with Crippen LogP contribution in [0.3, 0.4) is 0 Å².